The minimum absolute atomic E-state index is 0.0263. The highest BCUT2D eigenvalue weighted by atomic mass is 31.2. The summed E-state index contributed by atoms with van der Waals surface area (Å²) in [4.78, 5) is 26.5. The second kappa shape index (κ2) is 10.7. The van der Waals surface area contributed by atoms with Gasteiger partial charge in [-0.05, 0) is 16.7 Å². The zero-order chi connectivity index (χ0) is 27.7. The third kappa shape index (κ3) is 4.69. The van der Waals surface area contributed by atoms with Crippen molar-refractivity contribution < 1.29 is 27.6 Å². The van der Waals surface area contributed by atoms with Crippen LogP contribution in [0.5, 0.6) is 0 Å². The van der Waals surface area contributed by atoms with Crippen molar-refractivity contribution in [1.29, 1.82) is 0 Å². The number of hydrogen-bond acceptors (Lipinski definition) is 8. The van der Waals surface area contributed by atoms with Gasteiger partial charge in [-0.15, -0.1) is 0 Å². The second-order valence-electron chi connectivity index (χ2n) is 9.44. The molecular formula is C29H27N2O8P. The summed E-state index contributed by atoms with van der Waals surface area (Å²) in [5, 5.41) is 0. The Bertz CT molecular complexity index is 1530. The van der Waals surface area contributed by atoms with E-state index in [1.165, 1.54) is 23.9 Å². The quantitative estimate of drug-likeness (QED) is 0.253. The van der Waals surface area contributed by atoms with Crippen LogP contribution in [0, 0.1) is 0 Å². The topological polar surface area (TPSA) is 118 Å². The normalized spacial score (nSPS) is 26.0. The van der Waals surface area contributed by atoms with Crippen molar-refractivity contribution in [3.05, 3.63) is 141 Å². The van der Waals surface area contributed by atoms with E-state index in [2.05, 4.69) is 4.98 Å². The fourth-order valence-corrected chi connectivity index (χ4v) is 6.62. The lowest BCUT2D eigenvalue weighted by Gasteiger charge is -2.37. The van der Waals surface area contributed by atoms with Gasteiger partial charge in [-0.1, -0.05) is 91.0 Å². The van der Waals surface area contributed by atoms with Gasteiger partial charge in [-0.3, -0.25) is 27.9 Å². The maximum absolute atomic E-state index is 13.0. The summed E-state index contributed by atoms with van der Waals surface area (Å²) in [7, 11) is -2.69. The number of benzene rings is 3. The Hall–Kier alpha value is -3.63. The average molecular weight is 563 g/mol. The summed E-state index contributed by atoms with van der Waals surface area (Å²) < 4.78 is 43.8. The van der Waals surface area contributed by atoms with Crippen LogP contribution < -0.4 is 11.2 Å². The highest BCUT2D eigenvalue weighted by molar-refractivity contribution is 7.48. The van der Waals surface area contributed by atoms with E-state index in [0.717, 1.165) is 16.7 Å². The molecule has 5 atom stereocenters. The summed E-state index contributed by atoms with van der Waals surface area (Å²) in [6, 6.07) is 30.7. The molecule has 2 aliphatic heterocycles. The van der Waals surface area contributed by atoms with E-state index in [4.69, 9.17) is 23.0 Å². The van der Waals surface area contributed by atoms with Gasteiger partial charge in [0.15, 0.2) is 6.23 Å². The molecule has 0 saturated carbocycles. The van der Waals surface area contributed by atoms with Crippen molar-refractivity contribution in [2.75, 3.05) is 13.7 Å². The van der Waals surface area contributed by atoms with Gasteiger partial charge in [0.2, 0.25) is 0 Å². The lowest BCUT2D eigenvalue weighted by molar-refractivity contribution is -0.100. The van der Waals surface area contributed by atoms with E-state index in [0.29, 0.717) is 0 Å². The smallest absolute Gasteiger partial charge is 0.358 e. The minimum atomic E-state index is -3.91. The van der Waals surface area contributed by atoms with Crippen LogP contribution in [-0.2, 0) is 33.2 Å². The van der Waals surface area contributed by atoms with Crippen molar-refractivity contribution in [3.63, 3.8) is 0 Å². The van der Waals surface area contributed by atoms with E-state index < -0.39 is 49.2 Å². The van der Waals surface area contributed by atoms with Gasteiger partial charge in [0.05, 0.1) is 6.61 Å². The van der Waals surface area contributed by atoms with E-state index in [9.17, 15) is 14.2 Å². The summed E-state index contributed by atoms with van der Waals surface area (Å²) in [5.41, 5.74) is 0.373. The predicted octanol–water partition coefficient (Wildman–Crippen LogP) is 3.98. The number of fused-ring (bicyclic) bond motifs is 1. The van der Waals surface area contributed by atoms with E-state index >= 15 is 0 Å². The number of aromatic amines is 1. The van der Waals surface area contributed by atoms with Crippen molar-refractivity contribution in [1.82, 2.24) is 9.55 Å². The summed E-state index contributed by atoms with van der Waals surface area (Å²) in [6.45, 7) is -0.0263. The molecule has 2 saturated heterocycles. The molecule has 1 N–H and O–H groups in total. The summed E-state index contributed by atoms with van der Waals surface area (Å²) in [6.07, 6.45) is -2.39. The molecule has 2 fully saturated rings. The van der Waals surface area contributed by atoms with Crippen LogP contribution in [0.3, 0.4) is 0 Å². The molecule has 0 radical (unpaired) electrons. The van der Waals surface area contributed by atoms with Crippen molar-refractivity contribution in [2.24, 2.45) is 0 Å². The van der Waals surface area contributed by atoms with Gasteiger partial charge >= 0.3 is 13.5 Å². The number of phosphoric ester groups is 1. The molecule has 40 heavy (non-hydrogen) atoms. The maximum Gasteiger partial charge on any atom is 0.475 e. The van der Waals surface area contributed by atoms with Gasteiger partial charge in [-0.2, -0.15) is 0 Å². The highest BCUT2D eigenvalue weighted by Gasteiger charge is 2.59. The van der Waals surface area contributed by atoms with Gasteiger partial charge in [-0.25, -0.2) is 9.36 Å². The van der Waals surface area contributed by atoms with Gasteiger partial charge in [0.25, 0.3) is 5.56 Å². The van der Waals surface area contributed by atoms with Crippen molar-refractivity contribution >= 4 is 7.82 Å². The standard InChI is InChI=1S/C29H27N2O8P/c1-35-40(34)38-25-23(37-27(26(25)39-40)31-18-17-24(32)30-28(31)33)19-36-29(20-11-5-2-6-12-20,21-13-7-3-8-14-21)22-15-9-4-10-16-22/h2-18,23,25-27H,19H2,1H3,(H,30,32,33)/t23-,25-,26-,27-,40?/m1/s1. The number of aromatic nitrogens is 2. The zero-order valence-electron chi connectivity index (χ0n) is 21.5. The van der Waals surface area contributed by atoms with Crippen LogP contribution >= 0.6 is 7.82 Å². The van der Waals surface area contributed by atoms with Crippen LogP contribution in [0.15, 0.2) is 113 Å². The van der Waals surface area contributed by atoms with Gasteiger partial charge < -0.3 is 9.47 Å². The van der Waals surface area contributed by atoms with Crippen LogP contribution in [0.1, 0.15) is 22.9 Å². The summed E-state index contributed by atoms with van der Waals surface area (Å²) in [5.74, 6) is 0. The van der Waals surface area contributed by atoms with Crippen molar-refractivity contribution in [3.8, 4) is 0 Å². The summed E-state index contributed by atoms with van der Waals surface area (Å²) >= 11 is 0. The highest BCUT2D eigenvalue weighted by Crippen LogP contribution is 2.61. The van der Waals surface area contributed by atoms with E-state index in [1.54, 1.807) is 0 Å². The molecule has 2 aliphatic rings. The Labute approximate surface area is 229 Å². The Balaban J connectivity index is 1.41. The first-order chi connectivity index (χ1) is 19.4. The molecule has 3 aromatic carbocycles. The lowest BCUT2D eigenvalue weighted by atomic mass is 9.80. The first-order valence-electron chi connectivity index (χ1n) is 12.7. The molecule has 0 aliphatic carbocycles. The lowest BCUT2D eigenvalue weighted by Crippen LogP contribution is -2.39. The number of phosphoric acid groups is 1. The SMILES string of the molecule is COP1(=O)O[C@@H]2[C@H](O1)[C@@H](COC(c1ccccc1)(c1ccccc1)c1ccccc1)O[C@H]2n1ccc(=O)[nH]c1=O. The average Bonchev–Trinajstić information content (AvgIpc) is 3.50. The number of ether oxygens (including phenoxy) is 2. The van der Waals surface area contributed by atoms with Crippen LogP contribution in [0.4, 0.5) is 0 Å². The number of rotatable bonds is 8. The number of nitrogens with one attached hydrogen (secondary N) is 1. The molecule has 10 nitrogen and oxygen atoms in total. The number of hydrogen-bond donors (Lipinski definition) is 1. The van der Waals surface area contributed by atoms with Gasteiger partial charge in [0, 0.05) is 19.4 Å². The molecular weight excluding hydrogens is 535 g/mol. The fourth-order valence-electron chi connectivity index (χ4n) is 5.32. The molecule has 1 aromatic heterocycles. The first kappa shape index (κ1) is 26.6. The molecule has 0 spiro atoms. The first-order valence-corrected chi connectivity index (χ1v) is 14.2. The third-order valence-electron chi connectivity index (χ3n) is 7.14. The molecule has 0 bridgehead atoms. The van der Waals surface area contributed by atoms with Crippen LogP contribution in [0.25, 0.3) is 0 Å². The maximum atomic E-state index is 13.0. The molecule has 3 heterocycles. The number of nitrogens with zero attached hydrogens (tertiary/aromatic N) is 1. The second-order valence-corrected chi connectivity index (χ2v) is 11.1. The third-order valence-corrected chi connectivity index (χ3v) is 8.59. The monoisotopic (exact) mass is 562 g/mol. The van der Waals surface area contributed by atoms with Crippen molar-refractivity contribution in [2.45, 2.75) is 30.1 Å². The molecule has 6 rings (SSSR count). The van der Waals surface area contributed by atoms with Crippen LogP contribution in [-0.4, -0.2) is 41.6 Å². The Morgan fingerprint density at radius 3 is 1.85 bits per heavy atom. The zero-order valence-corrected chi connectivity index (χ0v) is 22.4. The van der Waals surface area contributed by atoms with E-state index in [1.807, 2.05) is 91.0 Å². The molecule has 4 aromatic rings. The predicted molar refractivity (Wildman–Crippen MR) is 145 cm³/mol. The Kier molecular flexibility index (Phi) is 7.14. The van der Waals surface area contributed by atoms with Gasteiger partial charge in [0.1, 0.15) is 23.9 Å². The van der Waals surface area contributed by atoms with E-state index in [-0.39, 0.29) is 6.61 Å². The van der Waals surface area contributed by atoms with Crippen LogP contribution in [0.2, 0.25) is 0 Å². The largest absolute Gasteiger partial charge is 0.475 e. The Morgan fingerprint density at radius 1 is 0.825 bits per heavy atom. The molecule has 1 unspecified atom stereocenters. The minimum Gasteiger partial charge on any atom is -0.358 e. The molecule has 11 heteroatoms. The Morgan fingerprint density at radius 2 is 1.35 bits per heavy atom. The fraction of sp³-hybridized carbons (Fsp3) is 0.241. The number of H-pyrrole nitrogens is 1. The molecule has 0 amide bonds. The molecule has 206 valence electrons.